The second kappa shape index (κ2) is 6.34. The van der Waals surface area contributed by atoms with E-state index in [0.29, 0.717) is 12.1 Å². The van der Waals surface area contributed by atoms with Gasteiger partial charge in [-0.3, -0.25) is 14.7 Å². The molecule has 2 aromatic rings. The van der Waals surface area contributed by atoms with Gasteiger partial charge in [0.2, 0.25) is 0 Å². The zero-order chi connectivity index (χ0) is 14.5. The Bertz CT molecular complexity index is 547. The Morgan fingerprint density at radius 2 is 2.20 bits per heavy atom. The summed E-state index contributed by atoms with van der Waals surface area (Å²) in [5, 5.41) is 2.91. The van der Waals surface area contributed by atoms with Crippen molar-refractivity contribution in [2.24, 2.45) is 0 Å². The Morgan fingerprint density at radius 3 is 2.75 bits per heavy atom. The first-order chi connectivity index (χ1) is 9.58. The van der Waals surface area contributed by atoms with Crippen molar-refractivity contribution in [3.63, 3.8) is 0 Å². The summed E-state index contributed by atoms with van der Waals surface area (Å²) in [5.41, 5.74) is 1.45. The van der Waals surface area contributed by atoms with Gasteiger partial charge in [-0.25, -0.2) is 0 Å². The summed E-state index contributed by atoms with van der Waals surface area (Å²) in [6, 6.07) is 7.36. The number of aromatic nitrogens is 1. The van der Waals surface area contributed by atoms with Gasteiger partial charge in [0, 0.05) is 18.4 Å². The summed E-state index contributed by atoms with van der Waals surface area (Å²) in [5.74, 6) is 0.702. The van der Waals surface area contributed by atoms with Crippen LogP contribution in [0.5, 0.6) is 0 Å². The summed E-state index contributed by atoms with van der Waals surface area (Å²) < 4.78 is 5.41. The van der Waals surface area contributed by atoms with E-state index >= 15 is 0 Å². The maximum atomic E-state index is 12.1. The average molecular weight is 273 g/mol. The van der Waals surface area contributed by atoms with Crippen molar-refractivity contribution in [2.75, 3.05) is 20.6 Å². The normalized spacial score (nSPS) is 12.4. The van der Waals surface area contributed by atoms with Crippen LogP contribution in [0.2, 0.25) is 0 Å². The number of hydrogen-bond donors (Lipinski definition) is 1. The topological polar surface area (TPSA) is 58.4 Å². The number of nitrogens with one attached hydrogen (secondary N) is 1. The third kappa shape index (κ3) is 3.45. The van der Waals surface area contributed by atoms with Crippen LogP contribution in [0.3, 0.4) is 0 Å². The lowest BCUT2D eigenvalue weighted by molar-refractivity contribution is 0.0938. The summed E-state index contributed by atoms with van der Waals surface area (Å²) in [7, 11) is 3.90. The summed E-state index contributed by atoms with van der Waals surface area (Å²) in [4.78, 5) is 18.2. The fourth-order valence-electron chi connectivity index (χ4n) is 1.91. The van der Waals surface area contributed by atoms with Gasteiger partial charge in [0.15, 0.2) is 0 Å². The van der Waals surface area contributed by atoms with E-state index in [1.807, 2.05) is 44.1 Å². The van der Waals surface area contributed by atoms with Gasteiger partial charge in [-0.05, 0) is 45.3 Å². The molecule has 1 atom stereocenters. The predicted octanol–water partition coefficient (Wildman–Crippen LogP) is 2.02. The highest BCUT2D eigenvalue weighted by atomic mass is 16.3. The van der Waals surface area contributed by atoms with E-state index in [9.17, 15) is 4.79 Å². The zero-order valence-corrected chi connectivity index (χ0v) is 12.0. The van der Waals surface area contributed by atoms with E-state index in [-0.39, 0.29) is 11.9 Å². The highest BCUT2D eigenvalue weighted by molar-refractivity contribution is 5.93. The smallest absolute Gasteiger partial charge is 0.252 e. The molecule has 5 nitrogen and oxygen atoms in total. The maximum Gasteiger partial charge on any atom is 0.252 e. The number of furan rings is 1. The van der Waals surface area contributed by atoms with Crippen LogP contribution in [-0.2, 0) is 0 Å². The highest BCUT2D eigenvalue weighted by Crippen LogP contribution is 2.17. The fraction of sp³-hybridized carbons (Fsp3) is 0.333. The molecule has 1 N–H and O–H groups in total. The van der Waals surface area contributed by atoms with E-state index in [4.69, 9.17) is 4.42 Å². The molecule has 2 heterocycles. The number of hydrogen-bond acceptors (Lipinski definition) is 4. The van der Waals surface area contributed by atoms with Gasteiger partial charge >= 0.3 is 0 Å². The van der Waals surface area contributed by atoms with Crippen molar-refractivity contribution < 1.29 is 9.21 Å². The molecular formula is C15H19N3O2. The van der Waals surface area contributed by atoms with Crippen LogP contribution in [0, 0.1) is 6.92 Å². The molecule has 2 rings (SSSR count). The van der Waals surface area contributed by atoms with Crippen molar-refractivity contribution in [3.05, 3.63) is 53.7 Å². The molecule has 0 spiro atoms. The first kappa shape index (κ1) is 14.3. The van der Waals surface area contributed by atoms with Crippen molar-refractivity contribution in [1.82, 2.24) is 15.2 Å². The zero-order valence-electron chi connectivity index (χ0n) is 12.0. The van der Waals surface area contributed by atoms with Gasteiger partial charge in [0.1, 0.15) is 5.76 Å². The van der Waals surface area contributed by atoms with Crippen molar-refractivity contribution in [2.45, 2.75) is 13.0 Å². The highest BCUT2D eigenvalue weighted by Gasteiger charge is 2.18. The van der Waals surface area contributed by atoms with Crippen molar-refractivity contribution in [3.8, 4) is 0 Å². The molecule has 2 aromatic heterocycles. The Morgan fingerprint density at radius 1 is 1.40 bits per heavy atom. The van der Waals surface area contributed by atoms with Crippen molar-refractivity contribution in [1.29, 1.82) is 0 Å². The first-order valence-corrected chi connectivity index (χ1v) is 6.48. The Kier molecular flexibility index (Phi) is 4.53. The van der Waals surface area contributed by atoms with Crippen LogP contribution in [0.15, 0.2) is 41.1 Å². The predicted molar refractivity (Wildman–Crippen MR) is 76.4 cm³/mol. The van der Waals surface area contributed by atoms with Gasteiger partial charge < -0.3 is 9.73 Å². The van der Waals surface area contributed by atoms with Gasteiger partial charge in [-0.15, -0.1) is 0 Å². The number of nitrogens with zero attached hydrogens (tertiary/aromatic N) is 2. The van der Waals surface area contributed by atoms with E-state index in [1.54, 1.807) is 18.5 Å². The molecule has 0 aliphatic heterocycles. The van der Waals surface area contributed by atoms with Gasteiger partial charge in [-0.2, -0.15) is 0 Å². The SMILES string of the molecule is Cc1ccc(C(=O)NC[C@H](c2ccco2)N(C)C)cn1. The van der Waals surface area contributed by atoms with E-state index in [0.717, 1.165) is 11.5 Å². The molecule has 106 valence electrons. The molecule has 20 heavy (non-hydrogen) atoms. The lowest BCUT2D eigenvalue weighted by Gasteiger charge is -2.22. The largest absolute Gasteiger partial charge is 0.468 e. The minimum atomic E-state index is -0.129. The van der Waals surface area contributed by atoms with Gasteiger partial charge in [-0.1, -0.05) is 0 Å². The molecule has 0 radical (unpaired) electrons. The molecule has 5 heteroatoms. The number of carbonyl (C=O) groups excluding carboxylic acids is 1. The molecule has 0 bridgehead atoms. The quantitative estimate of drug-likeness (QED) is 0.905. The van der Waals surface area contributed by atoms with Crippen LogP contribution < -0.4 is 5.32 Å². The second-order valence-corrected chi connectivity index (χ2v) is 4.89. The monoisotopic (exact) mass is 273 g/mol. The minimum Gasteiger partial charge on any atom is -0.468 e. The molecule has 1 amide bonds. The molecule has 0 aliphatic carbocycles. The van der Waals surface area contributed by atoms with Gasteiger partial charge in [0.05, 0.1) is 17.9 Å². The molecular weight excluding hydrogens is 254 g/mol. The van der Waals surface area contributed by atoms with Crippen LogP contribution in [0.1, 0.15) is 27.9 Å². The number of pyridine rings is 1. The minimum absolute atomic E-state index is 0.00681. The molecule has 0 aliphatic rings. The third-order valence-electron chi connectivity index (χ3n) is 3.12. The third-order valence-corrected chi connectivity index (χ3v) is 3.12. The average Bonchev–Trinajstić information content (AvgIpc) is 2.93. The number of carbonyl (C=O) groups is 1. The van der Waals surface area contributed by atoms with Crippen LogP contribution in [0.25, 0.3) is 0 Å². The second-order valence-electron chi connectivity index (χ2n) is 4.89. The van der Waals surface area contributed by atoms with Crippen molar-refractivity contribution >= 4 is 5.91 Å². The Labute approximate surface area is 118 Å². The lowest BCUT2D eigenvalue weighted by Crippen LogP contribution is -2.34. The molecule has 0 fully saturated rings. The first-order valence-electron chi connectivity index (χ1n) is 6.48. The fourth-order valence-corrected chi connectivity index (χ4v) is 1.91. The van der Waals surface area contributed by atoms with E-state index < -0.39 is 0 Å². The van der Waals surface area contributed by atoms with E-state index in [2.05, 4.69) is 10.3 Å². The Hall–Kier alpha value is -2.14. The number of rotatable bonds is 5. The summed E-state index contributed by atoms with van der Waals surface area (Å²) in [6.07, 6.45) is 3.22. The van der Waals surface area contributed by atoms with Gasteiger partial charge in [0.25, 0.3) is 5.91 Å². The lowest BCUT2D eigenvalue weighted by atomic mass is 10.2. The number of likely N-dealkylation sites (N-methyl/N-ethyl adjacent to an activating group) is 1. The number of aryl methyl sites for hydroxylation is 1. The molecule has 0 saturated carbocycles. The standard InChI is InChI=1S/C15H19N3O2/c1-11-6-7-12(9-16-11)15(19)17-10-13(18(2)3)14-5-4-8-20-14/h4-9,13H,10H2,1-3H3,(H,17,19)/t13-/m1/s1. The summed E-state index contributed by atoms with van der Waals surface area (Å²) >= 11 is 0. The molecule has 0 aromatic carbocycles. The summed E-state index contributed by atoms with van der Waals surface area (Å²) in [6.45, 7) is 2.37. The van der Waals surface area contributed by atoms with E-state index in [1.165, 1.54) is 0 Å². The van der Waals surface area contributed by atoms with Crippen LogP contribution >= 0.6 is 0 Å². The molecule has 0 saturated heterocycles. The Balaban J connectivity index is 1.99. The van der Waals surface area contributed by atoms with Crippen LogP contribution in [-0.4, -0.2) is 36.4 Å². The number of amides is 1. The maximum absolute atomic E-state index is 12.1. The molecule has 0 unspecified atom stereocenters. The van der Waals surface area contributed by atoms with Crippen LogP contribution in [0.4, 0.5) is 0 Å².